The number of hydrogen-bond acceptors (Lipinski definition) is 3. The Bertz CT molecular complexity index is 1040. The normalized spacial score (nSPS) is 28.4. The Morgan fingerprint density at radius 2 is 1.56 bits per heavy atom. The van der Waals surface area contributed by atoms with E-state index in [1.165, 1.54) is 25.3 Å². The summed E-state index contributed by atoms with van der Waals surface area (Å²) >= 11 is 3.46. The van der Waals surface area contributed by atoms with Gasteiger partial charge in [0, 0.05) is 0 Å². The third-order valence-corrected chi connectivity index (χ3v) is 7.91. The van der Waals surface area contributed by atoms with E-state index < -0.39 is 5.97 Å². The molecule has 4 saturated carbocycles. The molecule has 4 fully saturated rings. The zero-order valence-electron chi connectivity index (χ0n) is 17.7. The summed E-state index contributed by atoms with van der Waals surface area (Å²) in [5.41, 5.74) is 0.224. The second kappa shape index (κ2) is 8.39. The molecular weight excluding hydrogens is 470 g/mol. The van der Waals surface area contributed by atoms with Gasteiger partial charge in [-0.3, -0.25) is 4.79 Å². The maximum atomic E-state index is 13.3. The number of aliphatic carboxylic acids is 1. The van der Waals surface area contributed by atoms with Crippen molar-refractivity contribution in [1.29, 1.82) is 0 Å². The number of carboxylic acids is 1. The molecule has 0 aromatic heterocycles. The van der Waals surface area contributed by atoms with E-state index in [1.807, 2.05) is 24.3 Å². The van der Waals surface area contributed by atoms with Gasteiger partial charge >= 0.3 is 5.97 Å². The summed E-state index contributed by atoms with van der Waals surface area (Å²) in [6.45, 7) is 0. The van der Waals surface area contributed by atoms with Gasteiger partial charge in [0.2, 0.25) is 5.91 Å². The van der Waals surface area contributed by atoms with Crippen LogP contribution in [-0.2, 0) is 9.59 Å². The molecule has 0 unspecified atom stereocenters. The van der Waals surface area contributed by atoms with Crippen LogP contribution in [0.25, 0.3) is 6.08 Å². The van der Waals surface area contributed by atoms with E-state index in [0.29, 0.717) is 34.8 Å². The Balaban J connectivity index is 1.31. The van der Waals surface area contributed by atoms with Gasteiger partial charge in [-0.2, -0.15) is 0 Å². The molecule has 32 heavy (non-hydrogen) atoms. The molecule has 0 aliphatic heterocycles. The molecule has 2 aromatic rings. The number of nitrogens with one attached hydrogen (secondary N) is 1. The molecule has 0 radical (unpaired) electrons. The maximum absolute atomic E-state index is 13.3. The summed E-state index contributed by atoms with van der Waals surface area (Å²) in [4.78, 5) is 25.2. The van der Waals surface area contributed by atoms with Gasteiger partial charge in [0.05, 0.1) is 9.89 Å². The van der Waals surface area contributed by atoms with Crippen LogP contribution in [0.2, 0.25) is 0 Å². The number of benzene rings is 2. The molecule has 4 aliphatic rings. The summed E-state index contributed by atoms with van der Waals surface area (Å²) in [5, 5.41) is 12.5. The van der Waals surface area contributed by atoms with Crippen LogP contribution in [-0.4, -0.2) is 17.0 Å². The monoisotopic (exact) mass is 495 g/mol. The van der Waals surface area contributed by atoms with Crippen molar-refractivity contribution in [2.45, 2.75) is 38.5 Å². The van der Waals surface area contributed by atoms with Crippen LogP contribution >= 0.6 is 15.9 Å². The number of hydrogen-bond donors (Lipinski definition) is 2. The minimum atomic E-state index is -1.13. The fraction of sp³-hybridized carbons (Fsp3) is 0.385. The molecule has 0 spiro atoms. The van der Waals surface area contributed by atoms with Gasteiger partial charge in [-0.15, -0.1) is 0 Å². The summed E-state index contributed by atoms with van der Waals surface area (Å²) in [5.74, 6) is 1.98. The van der Waals surface area contributed by atoms with Crippen molar-refractivity contribution >= 4 is 33.9 Å². The highest BCUT2D eigenvalue weighted by molar-refractivity contribution is 9.10. The van der Waals surface area contributed by atoms with Crippen LogP contribution in [0.3, 0.4) is 0 Å². The van der Waals surface area contributed by atoms with Crippen molar-refractivity contribution in [3.8, 4) is 11.5 Å². The minimum absolute atomic E-state index is 0.0785. The smallest absolute Gasteiger partial charge is 0.352 e. The number of halogens is 1. The van der Waals surface area contributed by atoms with E-state index in [9.17, 15) is 14.7 Å². The SMILES string of the molecule is O=C(O)/C(=C/c1ccc(Oc2ccccc2Br)cc1)NC(=O)C12CC3CC(CC(C3)C1)C2. The van der Waals surface area contributed by atoms with E-state index in [2.05, 4.69) is 21.2 Å². The van der Waals surface area contributed by atoms with Gasteiger partial charge in [0.15, 0.2) is 0 Å². The number of para-hydroxylation sites is 1. The highest BCUT2D eigenvalue weighted by Gasteiger charge is 2.54. The van der Waals surface area contributed by atoms with Crippen molar-refractivity contribution in [2.75, 3.05) is 0 Å². The van der Waals surface area contributed by atoms with Gasteiger partial charge in [-0.05, 0) is 108 Å². The third kappa shape index (κ3) is 4.20. The first-order valence-corrected chi connectivity index (χ1v) is 12.0. The van der Waals surface area contributed by atoms with E-state index >= 15 is 0 Å². The van der Waals surface area contributed by atoms with Gasteiger partial charge in [-0.1, -0.05) is 24.3 Å². The molecule has 4 aliphatic carbocycles. The van der Waals surface area contributed by atoms with Crippen molar-refractivity contribution < 1.29 is 19.4 Å². The molecule has 6 rings (SSSR count). The average Bonchev–Trinajstić information content (AvgIpc) is 2.75. The standard InChI is InChI=1S/C26H26BrNO4/c27-21-3-1-2-4-23(21)32-20-7-5-16(6-8-20)12-22(24(29)30)28-25(31)26-13-17-9-18(14-26)11-19(10-17)15-26/h1-8,12,17-19H,9-11,13-15H2,(H,28,31)(H,29,30)/b22-12-. The van der Waals surface area contributed by atoms with Crippen molar-refractivity contribution in [2.24, 2.45) is 23.2 Å². The summed E-state index contributed by atoms with van der Waals surface area (Å²) in [6.07, 6.45) is 7.94. The highest BCUT2D eigenvalue weighted by Crippen LogP contribution is 2.60. The van der Waals surface area contributed by atoms with Gasteiger partial charge in [0.25, 0.3) is 0 Å². The number of amides is 1. The number of carbonyl (C=O) groups is 2. The molecule has 2 aromatic carbocycles. The molecular formula is C26H26BrNO4. The van der Waals surface area contributed by atoms with E-state index in [1.54, 1.807) is 24.3 Å². The van der Waals surface area contributed by atoms with Crippen LogP contribution in [0.4, 0.5) is 0 Å². The first kappa shape index (κ1) is 21.3. The van der Waals surface area contributed by atoms with Crippen molar-refractivity contribution in [3.63, 3.8) is 0 Å². The molecule has 4 bridgehead atoms. The Morgan fingerprint density at radius 1 is 0.969 bits per heavy atom. The predicted octanol–water partition coefficient (Wildman–Crippen LogP) is 6.00. The van der Waals surface area contributed by atoms with Crippen LogP contribution in [0.15, 0.2) is 58.7 Å². The Hall–Kier alpha value is -2.60. The van der Waals surface area contributed by atoms with Gasteiger partial charge < -0.3 is 15.2 Å². The second-order valence-electron chi connectivity index (χ2n) is 9.62. The number of carbonyl (C=O) groups excluding carboxylic acids is 1. The lowest BCUT2D eigenvalue weighted by atomic mass is 9.49. The number of rotatable bonds is 6. The van der Waals surface area contributed by atoms with Crippen LogP contribution in [0, 0.1) is 23.2 Å². The zero-order chi connectivity index (χ0) is 22.3. The van der Waals surface area contributed by atoms with E-state index in [0.717, 1.165) is 23.7 Å². The quantitative estimate of drug-likeness (QED) is 0.481. The van der Waals surface area contributed by atoms with Crippen LogP contribution in [0.1, 0.15) is 44.1 Å². The summed E-state index contributed by atoms with van der Waals surface area (Å²) < 4.78 is 6.72. The average molecular weight is 496 g/mol. The van der Waals surface area contributed by atoms with Crippen molar-refractivity contribution in [1.82, 2.24) is 5.32 Å². The summed E-state index contributed by atoms with van der Waals surface area (Å²) in [6, 6.07) is 14.7. The fourth-order valence-electron chi connectivity index (χ4n) is 6.25. The molecule has 0 saturated heterocycles. The van der Waals surface area contributed by atoms with Gasteiger partial charge in [0.1, 0.15) is 17.2 Å². The minimum Gasteiger partial charge on any atom is -0.477 e. The fourth-order valence-corrected chi connectivity index (χ4v) is 6.61. The second-order valence-corrected chi connectivity index (χ2v) is 10.5. The van der Waals surface area contributed by atoms with E-state index in [4.69, 9.17) is 4.74 Å². The number of carboxylic acid groups (broad SMARTS) is 1. The molecule has 0 heterocycles. The lowest BCUT2D eigenvalue weighted by Gasteiger charge is -2.55. The van der Waals surface area contributed by atoms with Crippen LogP contribution in [0.5, 0.6) is 11.5 Å². The molecule has 166 valence electrons. The first-order valence-electron chi connectivity index (χ1n) is 11.2. The lowest BCUT2D eigenvalue weighted by molar-refractivity contribution is -0.147. The number of ether oxygens (including phenoxy) is 1. The zero-order valence-corrected chi connectivity index (χ0v) is 19.3. The Labute approximate surface area is 196 Å². The predicted molar refractivity (Wildman–Crippen MR) is 125 cm³/mol. The van der Waals surface area contributed by atoms with Crippen molar-refractivity contribution in [3.05, 3.63) is 64.3 Å². The maximum Gasteiger partial charge on any atom is 0.352 e. The Morgan fingerprint density at radius 3 is 2.12 bits per heavy atom. The van der Waals surface area contributed by atoms with E-state index in [-0.39, 0.29) is 17.0 Å². The molecule has 1 amide bonds. The lowest BCUT2D eigenvalue weighted by Crippen LogP contribution is -2.53. The molecule has 2 N–H and O–H groups in total. The topological polar surface area (TPSA) is 75.6 Å². The first-order chi connectivity index (χ1) is 15.4. The molecule has 6 heteroatoms. The largest absolute Gasteiger partial charge is 0.477 e. The summed E-state index contributed by atoms with van der Waals surface area (Å²) in [7, 11) is 0. The van der Waals surface area contributed by atoms with Crippen LogP contribution < -0.4 is 10.1 Å². The third-order valence-electron chi connectivity index (χ3n) is 7.25. The highest BCUT2D eigenvalue weighted by atomic mass is 79.9. The Kier molecular flexibility index (Phi) is 5.58. The molecule has 5 nitrogen and oxygen atoms in total. The van der Waals surface area contributed by atoms with Gasteiger partial charge in [-0.25, -0.2) is 4.79 Å². The molecule has 0 atom stereocenters.